The largest absolute Gasteiger partial charge is 0.367 e. The Morgan fingerprint density at radius 3 is 2.65 bits per heavy atom. The van der Waals surface area contributed by atoms with Crippen molar-refractivity contribution < 1.29 is 13.0 Å². The molecular weight excluding hydrogens is 382 g/mol. The molecule has 0 fully saturated rings. The van der Waals surface area contributed by atoms with E-state index in [2.05, 4.69) is 30.3 Å². The maximum Gasteiger partial charge on any atom is 0.288 e. The number of nitrogens with one attached hydrogen (secondary N) is 1. The molecule has 0 aliphatic rings. The minimum absolute atomic E-state index is 0.0128. The number of rotatable bonds is 4. The van der Waals surface area contributed by atoms with Gasteiger partial charge in [-0.3, -0.25) is 0 Å². The van der Waals surface area contributed by atoms with Crippen LogP contribution in [0.5, 0.6) is 0 Å². The van der Waals surface area contributed by atoms with Crippen LogP contribution in [0.2, 0.25) is 5.02 Å². The van der Waals surface area contributed by atoms with Gasteiger partial charge in [-0.2, -0.15) is 13.4 Å². The van der Waals surface area contributed by atoms with E-state index >= 15 is 0 Å². The summed E-state index contributed by atoms with van der Waals surface area (Å²) in [4.78, 5) is 3.79. The summed E-state index contributed by atoms with van der Waals surface area (Å²) in [6.07, 6.45) is 0. The lowest BCUT2D eigenvalue weighted by molar-refractivity contribution is 0.315. The minimum atomic E-state index is -4.15. The Bertz CT molecular complexity index is 1200. The summed E-state index contributed by atoms with van der Waals surface area (Å²) in [6, 6.07) is 11.2. The van der Waals surface area contributed by atoms with E-state index in [1.807, 2.05) is 0 Å². The molecule has 3 N–H and O–H groups in total. The van der Waals surface area contributed by atoms with Crippen LogP contribution in [-0.2, 0) is 10.0 Å². The highest BCUT2D eigenvalue weighted by atomic mass is 35.5. The molecule has 0 bridgehead atoms. The van der Waals surface area contributed by atoms with Gasteiger partial charge in [0.05, 0.1) is 0 Å². The van der Waals surface area contributed by atoms with Crippen LogP contribution in [0, 0.1) is 0 Å². The Hall–Kier alpha value is -3.18. The van der Waals surface area contributed by atoms with Crippen LogP contribution >= 0.6 is 11.6 Å². The van der Waals surface area contributed by atoms with Crippen molar-refractivity contribution in [1.29, 1.82) is 0 Å². The van der Waals surface area contributed by atoms with Gasteiger partial charge in [0.25, 0.3) is 10.0 Å². The third-order valence-corrected chi connectivity index (χ3v) is 5.32. The molecule has 0 spiro atoms. The zero-order valence-electron chi connectivity index (χ0n) is 12.9. The van der Waals surface area contributed by atoms with Gasteiger partial charge in [0.15, 0.2) is 5.52 Å². The van der Waals surface area contributed by atoms with Gasteiger partial charge in [0, 0.05) is 10.7 Å². The quantitative estimate of drug-likeness (QED) is 0.534. The monoisotopic (exact) mass is 391 g/mol. The van der Waals surface area contributed by atoms with Gasteiger partial charge in [0.1, 0.15) is 10.4 Å². The molecule has 0 unspecified atom stereocenters. The Morgan fingerprint density at radius 1 is 1.12 bits per heavy atom. The van der Waals surface area contributed by atoms with E-state index < -0.39 is 10.0 Å². The first-order valence-electron chi connectivity index (χ1n) is 7.17. The van der Waals surface area contributed by atoms with Crippen molar-refractivity contribution >= 4 is 50.2 Å². The van der Waals surface area contributed by atoms with Crippen LogP contribution < -0.4 is 11.1 Å². The molecule has 4 aromatic rings. The first kappa shape index (κ1) is 16.3. The Kier molecular flexibility index (Phi) is 3.74. The number of nitrogen functional groups attached to an aromatic ring is 1. The van der Waals surface area contributed by atoms with Crippen molar-refractivity contribution in [2.75, 3.05) is 11.1 Å². The van der Waals surface area contributed by atoms with E-state index in [9.17, 15) is 8.42 Å². The van der Waals surface area contributed by atoms with E-state index in [1.165, 1.54) is 12.1 Å². The molecule has 2 aromatic heterocycles. The molecule has 132 valence electrons. The van der Waals surface area contributed by atoms with E-state index in [4.69, 9.17) is 17.3 Å². The van der Waals surface area contributed by atoms with Gasteiger partial charge in [-0.25, -0.2) is 4.63 Å². The Morgan fingerprint density at radius 2 is 1.88 bits per heavy atom. The smallest absolute Gasteiger partial charge is 0.288 e. The van der Waals surface area contributed by atoms with Crippen LogP contribution in [0.15, 0.2) is 52.0 Å². The minimum Gasteiger partial charge on any atom is -0.367 e. The van der Waals surface area contributed by atoms with Gasteiger partial charge in [0.2, 0.25) is 11.9 Å². The Labute approximate surface area is 151 Å². The van der Waals surface area contributed by atoms with Gasteiger partial charge in [-0.1, -0.05) is 17.7 Å². The molecule has 0 atom stereocenters. The fourth-order valence-corrected chi connectivity index (χ4v) is 3.71. The van der Waals surface area contributed by atoms with Gasteiger partial charge in [-0.05, 0) is 46.7 Å². The highest BCUT2D eigenvalue weighted by Crippen LogP contribution is 2.24. The molecule has 0 aliphatic heterocycles. The molecule has 12 heteroatoms. The predicted molar refractivity (Wildman–Crippen MR) is 93.6 cm³/mol. The number of nitrogens with two attached hydrogens (primary N) is 1. The van der Waals surface area contributed by atoms with Gasteiger partial charge in [-0.15, -0.1) is 9.19 Å². The van der Waals surface area contributed by atoms with E-state index in [-0.39, 0.29) is 22.3 Å². The molecule has 0 radical (unpaired) electrons. The standard InChI is InChI=1S/C14H10ClN7O3S/c15-8-4-6-9(7-5-8)17-14-18-13(16)22(19-14)26(23,24)11-3-1-2-10-12(11)21-25-20-10/h1-7H,(H3,16,17,18,19). The maximum atomic E-state index is 12.9. The van der Waals surface area contributed by atoms with Crippen molar-refractivity contribution in [3.05, 3.63) is 47.5 Å². The van der Waals surface area contributed by atoms with E-state index in [1.54, 1.807) is 30.3 Å². The second-order valence-corrected chi connectivity index (χ2v) is 7.33. The number of anilines is 3. The zero-order chi connectivity index (χ0) is 18.3. The van der Waals surface area contributed by atoms with Crippen molar-refractivity contribution in [3.63, 3.8) is 0 Å². The molecule has 10 nitrogen and oxygen atoms in total. The first-order valence-corrected chi connectivity index (χ1v) is 8.99. The third kappa shape index (κ3) is 2.72. The number of nitrogens with zero attached hydrogens (tertiary/aromatic N) is 5. The second kappa shape index (κ2) is 5.97. The van der Waals surface area contributed by atoms with Gasteiger partial charge < -0.3 is 11.1 Å². The lowest BCUT2D eigenvalue weighted by Gasteiger charge is -2.04. The second-order valence-electron chi connectivity index (χ2n) is 5.16. The predicted octanol–water partition coefficient (Wildman–Crippen LogP) is 2.03. The number of benzene rings is 2. The molecule has 26 heavy (non-hydrogen) atoms. The van der Waals surface area contributed by atoms with Crippen molar-refractivity contribution in [1.82, 2.24) is 24.5 Å². The topological polar surface area (TPSA) is 142 Å². The highest BCUT2D eigenvalue weighted by Gasteiger charge is 2.26. The Balaban J connectivity index is 1.74. The number of hydrogen-bond donors (Lipinski definition) is 2. The fourth-order valence-electron chi connectivity index (χ4n) is 2.29. The third-order valence-electron chi connectivity index (χ3n) is 3.46. The highest BCUT2D eigenvalue weighted by molar-refractivity contribution is 7.90. The fraction of sp³-hybridized carbons (Fsp3) is 0. The molecular formula is C14H10ClN7O3S. The van der Waals surface area contributed by atoms with Crippen molar-refractivity contribution in [2.24, 2.45) is 0 Å². The molecule has 2 heterocycles. The number of fused-ring (bicyclic) bond motifs is 1. The number of hydrogen-bond acceptors (Lipinski definition) is 9. The summed E-state index contributed by atoms with van der Waals surface area (Å²) in [5, 5.41) is 14.6. The molecule has 0 aliphatic carbocycles. The number of aromatic nitrogens is 5. The van der Waals surface area contributed by atoms with Crippen LogP contribution in [-0.4, -0.2) is 32.9 Å². The van der Waals surface area contributed by atoms with E-state index in [0.717, 1.165) is 0 Å². The molecule has 2 aromatic carbocycles. The summed E-state index contributed by atoms with van der Waals surface area (Å²) in [7, 11) is -4.15. The average molecular weight is 392 g/mol. The maximum absolute atomic E-state index is 12.9. The molecule has 0 saturated heterocycles. The average Bonchev–Trinajstić information content (AvgIpc) is 3.23. The van der Waals surface area contributed by atoms with Crippen molar-refractivity contribution in [2.45, 2.75) is 4.90 Å². The lowest BCUT2D eigenvalue weighted by atomic mass is 10.3. The lowest BCUT2D eigenvalue weighted by Crippen LogP contribution is -2.17. The molecule has 4 rings (SSSR count). The van der Waals surface area contributed by atoms with Crippen LogP contribution in [0.1, 0.15) is 0 Å². The van der Waals surface area contributed by atoms with Crippen LogP contribution in [0.25, 0.3) is 11.0 Å². The van der Waals surface area contributed by atoms with Crippen molar-refractivity contribution in [3.8, 4) is 0 Å². The molecule has 0 saturated carbocycles. The summed E-state index contributed by atoms with van der Waals surface area (Å²) in [5.41, 5.74) is 6.74. The normalized spacial score (nSPS) is 11.7. The number of halogens is 1. The molecule has 0 amide bonds. The summed E-state index contributed by atoms with van der Waals surface area (Å²) in [6.45, 7) is 0. The summed E-state index contributed by atoms with van der Waals surface area (Å²) in [5.74, 6) is -0.297. The van der Waals surface area contributed by atoms with Crippen LogP contribution in [0.4, 0.5) is 17.6 Å². The van der Waals surface area contributed by atoms with Crippen LogP contribution in [0.3, 0.4) is 0 Å². The van der Waals surface area contributed by atoms with Gasteiger partial charge >= 0.3 is 0 Å². The zero-order valence-corrected chi connectivity index (χ0v) is 14.4. The summed E-state index contributed by atoms with van der Waals surface area (Å²) < 4.78 is 31.0. The first-order chi connectivity index (χ1) is 12.4. The summed E-state index contributed by atoms with van der Waals surface area (Å²) >= 11 is 5.83. The SMILES string of the molecule is Nc1nc(Nc2ccc(Cl)cc2)nn1S(=O)(=O)c1cccc2nonc12. The van der Waals surface area contributed by atoms with E-state index in [0.29, 0.717) is 20.3 Å².